The summed E-state index contributed by atoms with van der Waals surface area (Å²) in [5.41, 5.74) is 2.46. The zero-order chi connectivity index (χ0) is 20.9. The predicted molar refractivity (Wildman–Crippen MR) is 110 cm³/mol. The minimum Gasteiger partial charge on any atom is -0.497 e. The van der Waals surface area contributed by atoms with E-state index in [4.69, 9.17) is 4.74 Å². The maximum Gasteiger partial charge on any atom is 0.270 e. The molecule has 1 heterocycles. The SMILES string of the molecule is COc1ccc(S(=O)(=O)Nc2ccnc(C(=O)NCc3ccc(C)cc3)c2)cc1. The molecule has 0 aliphatic rings. The van der Waals surface area contributed by atoms with E-state index in [0.29, 0.717) is 12.3 Å². The first-order valence-electron chi connectivity index (χ1n) is 8.84. The first-order chi connectivity index (χ1) is 13.9. The van der Waals surface area contributed by atoms with Crippen molar-refractivity contribution >= 4 is 21.6 Å². The van der Waals surface area contributed by atoms with Crippen molar-refractivity contribution < 1.29 is 17.9 Å². The predicted octanol–water partition coefficient (Wildman–Crippen LogP) is 3.13. The van der Waals surface area contributed by atoms with E-state index in [1.54, 1.807) is 12.1 Å². The number of benzene rings is 2. The molecule has 0 spiro atoms. The second-order valence-electron chi connectivity index (χ2n) is 6.38. The molecular formula is C21H21N3O4S. The van der Waals surface area contributed by atoms with Crippen LogP contribution in [0.5, 0.6) is 5.75 Å². The Morgan fingerprint density at radius 1 is 1.03 bits per heavy atom. The van der Waals surface area contributed by atoms with Crippen molar-refractivity contribution in [3.05, 3.63) is 83.7 Å². The van der Waals surface area contributed by atoms with Crippen LogP contribution in [-0.4, -0.2) is 26.4 Å². The van der Waals surface area contributed by atoms with E-state index < -0.39 is 15.9 Å². The highest BCUT2D eigenvalue weighted by molar-refractivity contribution is 7.92. The van der Waals surface area contributed by atoms with Gasteiger partial charge < -0.3 is 10.1 Å². The van der Waals surface area contributed by atoms with E-state index in [9.17, 15) is 13.2 Å². The number of ether oxygens (including phenoxy) is 1. The van der Waals surface area contributed by atoms with Gasteiger partial charge in [0.2, 0.25) is 0 Å². The number of rotatable bonds is 7. The average molecular weight is 411 g/mol. The average Bonchev–Trinajstić information content (AvgIpc) is 2.73. The van der Waals surface area contributed by atoms with Gasteiger partial charge in [-0.2, -0.15) is 0 Å². The molecule has 0 aliphatic heterocycles. The lowest BCUT2D eigenvalue weighted by atomic mass is 10.1. The second kappa shape index (κ2) is 8.74. The minimum atomic E-state index is -3.81. The number of carbonyl (C=O) groups excluding carboxylic acids is 1. The summed E-state index contributed by atoms with van der Waals surface area (Å²) in [6.07, 6.45) is 1.38. The van der Waals surface area contributed by atoms with Gasteiger partial charge >= 0.3 is 0 Å². The highest BCUT2D eigenvalue weighted by atomic mass is 32.2. The lowest BCUT2D eigenvalue weighted by Crippen LogP contribution is -2.24. The summed E-state index contributed by atoms with van der Waals surface area (Å²) < 4.78 is 32.6. The third-order valence-electron chi connectivity index (χ3n) is 4.19. The first kappa shape index (κ1) is 20.3. The Morgan fingerprint density at radius 3 is 2.38 bits per heavy atom. The summed E-state index contributed by atoms with van der Waals surface area (Å²) in [6.45, 7) is 2.34. The van der Waals surface area contributed by atoms with Crippen molar-refractivity contribution in [2.45, 2.75) is 18.4 Å². The normalized spacial score (nSPS) is 11.0. The summed E-state index contributed by atoms with van der Waals surface area (Å²) in [6, 6.07) is 16.7. The lowest BCUT2D eigenvalue weighted by molar-refractivity contribution is 0.0946. The number of carbonyl (C=O) groups is 1. The maximum atomic E-state index is 12.5. The van der Waals surface area contributed by atoms with Crippen molar-refractivity contribution in [1.29, 1.82) is 0 Å². The number of methoxy groups -OCH3 is 1. The van der Waals surface area contributed by atoms with Crippen LogP contribution in [0.3, 0.4) is 0 Å². The van der Waals surface area contributed by atoms with Gasteiger partial charge in [0.1, 0.15) is 11.4 Å². The molecule has 3 rings (SSSR count). The van der Waals surface area contributed by atoms with Crippen LogP contribution >= 0.6 is 0 Å². The van der Waals surface area contributed by atoms with Crippen LogP contribution in [0.1, 0.15) is 21.6 Å². The van der Waals surface area contributed by atoms with Crippen LogP contribution in [0.2, 0.25) is 0 Å². The van der Waals surface area contributed by atoms with Crippen molar-refractivity contribution in [3.8, 4) is 5.75 Å². The van der Waals surface area contributed by atoms with Gasteiger partial charge in [0.25, 0.3) is 15.9 Å². The number of aryl methyl sites for hydroxylation is 1. The van der Waals surface area contributed by atoms with Gasteiger partial charge in [-0.05, 0) is 48.9 Å². The fraction of sp³-hybridized carbons (Fsp3) is 0.143. The Hall–Kier alpha value is -3.39. The van der Waals surface area contributed by atoms with Gasteiger partial charge in [-0.1, -0.05) is 29.8 Å². The molecule has 0 aliphatic carbocycles. The summed E-state index contributed by atoms with van der Waals surface area (Å²) in [4.78, 5) is 16.5. The van der Waals surface area contributed by atoms with Gasteiger partial charge in [0.05, 0.1) is 17.7 Å². The number of nitrogens with one attached hydrogen (secondary N) is 2. The highest BCUT2D eigenvalue weighted by Gasteiger charge is 2.16. The number of sulfonamides is 1. The number of nitrogens with zero attached hydrogens (tertiary/aromatic N) is 1. The third-order valence-corrected chi connectivity index (χ3v) is 5.59. The second-order valence-corrected chi connectivity index (χ2v) is 8.06. The molecule has 7 nitrogen and oxygen atoms in total. The van der Waals surface area contributed by atoms with Crippen molar-refractivity contribution in [2.75, 3.05) is 11.8 Å². The van der Waals surface area contributed by atoms with Crippen molar-refractivity contribution in [1.82, 2.24) is 10.3 Å². The monoisotopic (exact) mass is 411 g/mol. The first-order valence-corrected chi connectivity index (χ1v) is 10.3. The molecule has 0 saturated heterocycles. The summed E-state index contributed by atoms with van der Waals surface area (Å²) in [5.74, 6) is 0.163. The van der Waals surface area contributed by atoms with E-state index in [1.807, 2.05) is 31.2 Å². The number of pyridine rings is 1. The van der Waals surface area contributed by atoms with E-state index in [-0.39, 0.29) is 16.3 Å². The van der Waals surface area contributed by atoms with Crippen LogP contribution in [0.15, 0.2) is 71.8 Å². The molecular weight excluding hydrogens is 390 g/mol. The summed E-state index contributed by atoms with van der Waals surface area (Å²) in [5, 5.41) is 2.78. The minimum absolute atomic E-state index is 0.0838. The number of hydrogen-bond donors (Lipinski definition) is 2. The summed E-state index contributed by atoms with van der Waals surface area (Å²) in [7, 11) is -2.30. The maximum absolute atomic E-state index is 12.5. The molecule has 1 amide bonds. The van der Waals surface area contributed by atoms with Crippen LogP contribution in [0, 0.1) is 6.92 Å². The molecule has 0 radical (unpaired) electrons. The van der Waals surface area contributed by atoms with Gasteiger partial charge in [0.15, 0.2) is 0 Å². The molecule has 2 aromatic carbocycles. The van der Waals surface area contributed by atoms with Gasteiger partial charge in [-0.25, -0.2) is 8.42 Å². The molecule has 150 valence electrons. The third kappa shape index (κ3) is 5.32. The number of aromatic nitrogens is 1. The molecule has 29 heavy (non-hydrogen) atoms. The Morgan fingerprint density at radius 2 is 1.72 bits per heavy atom. The molecule has 3 aromatic rings. The fourth-order valence-corrected chi connectivity index (χ4v) is 3.62. The number of hydrogen-bond acceptors (Lipinski definition) is 5. The molecule has 0 atom stereocenters. The number of amides is 1. The van der Waals surface area contributed by atoms with Crippen LogP contribution in [0.4, 0.5) is 5.69 Å². The zero-order valence-electron chi connectivity index (χ0n) is 16.0. The van der Waals surface area contributed by atoms with Crippen LogP contribution < -0.4 is 14.8 Å². The lowest BCUT2D eigenvalue weighted by Gasteiger charge is -2.10. The van der Waals surface area contributed by atoms with Gasteiger partial charge in [-0.15, -0.1) is 0 Å². The smallest absolute Gasteiger partial charge is 0.270 e. The molecule has 1 aromatic heterocycles. The quantitative estimate of drug-likeness (QED) is 0.623. The molecule has 0 bridgehead atoms. The standard InChI is InChI=1S/C21H21N3O4S/c1-15-3-5-16(6-4-15)14-23-21(25)20-13-17(11-12-22-20)24-29(26,27)19-9-7-18(28-2)8-10-19/h3-13H,14H2,1-2H3,(H,22,24)(H,23,25). The fourth-order valence-electron chi connectivity index (χ4n) is 2.57. The molecule has 2 N–H and O–H groups in total. The molecule has 8 heteroatoms. The van der Waals surface area contributed by atoms with Crippen LogP contribution in [-0.2, 0) is 16.6 Å². The number of anilines is 1. The van der Waals surface area contributed by atoms with E-state index in [2.05, 4.69) is 15.0 Å². The highest BCUT2D eigenvalue weighted by Crippen LogP contribution is 2.19. The molecule has 0 fully saturated rings. The zero-order valence-corrected chi connectivity index (χ0v) is 16.9. The van der Waals surface area contributed by atoms with E-state index in [1.165, 1.54) is 37.6 Å². The topological polar surface area (TPSA) is 97.4 Å². The molecule has 0 saturated carbocycles. The van der Waals surface area contributed by atoms with Gasteiger partial charge in [-0.3, -0.25) is 14.5 Å². The van der Waals surface area contributed by atoms with E-state index in [0.717, 1.165) is 11.1 Å². The van der Waals surface area contributed by atoms with Crippen molar-refractivity contribution in [2.24, 2.45) is 0 Å². The molecule has 0 unspecified atom stereocenters. The Balaban J connectivity index is 1.69. The Labute approximate surface area is 169 Å². The van der Waals surface area contributed by atoms with E-state index >= 15 is 0 Å². The van der Waals surface area contributed by atoms with Crippen LogP contribution in [0.25, 0.3) is 0 Å². The largest absolute Gasteiger partial charge is 0.497 e. The van der Waals surface area contributed by atoms with Crippen molar-refractivity contribution in [3.63, 3.8) is 0 Å². The Bertz CT molecular complexity index is 1100. The Kier molecular flexibility index (Phi) is 6.13. The van der Waals surface area contributed by atoms with Gasteiger partial charge in [0, 0.05) is 12.7 Å². The summed E-state index contributed by atoms with van der Waals surface area (Å²) >= 11 is 0.